The van der Waals surface area contributed by atoms with Crippen molar-refractivity contribution in [1.29, 1.82) is 0 Å². The van der Waals surface area contributed by atoms with E-state index in [0.717, 1.165) is 42.7 Å². The van der Waals surface area contributed by atoms with E-state index in [1.165, 1.54) is 5.56 Å². The normalized spacial score (nSPS) is 11.5. The molecular formula is C23H29N7. The van der Waals surface area contributed by atoms with Crippen molar-refractivity contribution in [3.05, 3.63) is 79.1 Å². The van der Waals surface area contributed by atoms with Gasteiger partial charge in [-0.1, -0.05) is 30.3 Å². The topological polar surface area (TPSA) is 108 Å². The first kappa shape index (κ1) is 21.3. The fourth-order valence-electron chi connectivity index (χ4n) is 3.08. The summed E-state index contributed by atoms with van der Waals surface area (Å²) in [4.78, 5) is 12.5. The van der Waals surface area contributed by atoms with E-state index in [2.05, 4.69) is 43.9 Å². The lowest BCUT2D eigenvalue weighted by atomic mass is 10.1. The van der Waals surface area contributed by atoms with Crippen LogP contribution in [-0.2, 0) is 6.54 Å². The molecule has 2 aromatic carbocycles. The van der Waals surface area contributed by atoms with Crippen molar-refractivity contribution in [1.82, 2.24) is 19.5 Å². The van der Waals surface area contributed by atoms with E-state index in [0.29, 0.717) is 5.69 Å². The van der Waals surface area contributed by atoms with Crippen LogP contribution in [0.2, 0.25) is 0 Å². The quantitative estimate of drug-likeness (QED) is 0.318. The van der Waals surface area contributed by atoms with Crippen molar-refractivity contribution in [3.8, 4) is 0 Å². The van der Waals surface area contributed by atoms with Crippen LogP contribution in [0.25, 0.3) is 10.9 Å². The van der Waals surface area contributed by atoms with Crippen LogP contribution < -0.4 is 16.8 Å². The standard InChI is InChI=1S/C16H16N4.C7H13N3/c1-11(12-5-3-2-4-6-12)20-16-14-9-13(17)7-8-15(14)18-10-19-16;8-3-1-2-5-10-6-4-9-7-10/h2-11H,17H2,1H3,(H,18,19,20);4,6-7H,1-3,5,8H2. The molecule has 1 atom stereocenters. The molecule has 0 radical (unpaired) electrons. The first-order valence-corrected chi connectivity index (χ1v) is 10.1. The molecule has 7 heteroatoms. The van der Waals surface area contributed by atoms with E-state index in [1.54, 1.807) is 12.5 Å². The third kappa shape index (κ3) is 6.02. The lowest BCUT2D eigenvalue weighted by Gasteiger charge is -2.16. The number of hydrogen-bond donors (Lipinski definition) is 3. The van der Waals surface area contributed by atoms with Crippen LogP contribution in [0.5, 0.6) is 0 Å². The van der Waals surface area contributed by atoms with Crippen molar-refractivity contribution in [2.24, 2.45) is 5.73 Å². The lowest BCUT2D eigenvalue weighted by molar-refractivity contribution is 0.614. The monoisotopic (exact) mass is 403 g/mol. The molecule has 156 valence electrons. The second kappa shape index (κ2) is 10.9. The van der Waals surface area contributed by atoms with E-state index in [-0.39, 0.29) is 6.04 Å². The van der Waals surface area contributed by atoms with Gasteiger partial charge >= 0.3 is 0 Å². The Kier molecular flexibility index (Phi) is 7.74. The summed E-state index contributed by atoms with van der Waals surface area (Å²) in [5.41, 5.74) is 14.0. The second-order valence-corrected chi connectivity index (χ2v) is 7.07. The molecule has 2 heterocycles. The predicted molar refractivity (Wildman–Crippen MR) is 123 cm³/mol. The van der Waals surface area contributed by atoms with Gasteiger partial charge in [-0.15, -0.1) is 0 Å². The maximum absolute atomic E-state index is 5.85. The van der Waals surface area contributed by atoms with Crippen molar-refractivity contribution >= 4 is 22.4 Å². The summed E-state index contributed by atoms with van der Waals surface area (Å²) in [6.07, 6.45) is 9.40. The zero-order valence-corrected chi connectivity index (χ0v) is 17.3. The summed E-state index contributed by atoms with van der Waals surface area (Å²) in [5, 5.41) is 4.36. The van der Waals surface area contributed by atoms with Crippen LogP contribution in [0.3, 0.4) is 0 Å². The van der Waals surface area contributed by atoms with Gasteiger partial charge in [0.05, 0.1) is 11.8 Å². The summed E-state index contributed by atoms with van der Waals surface area (Å²) in [6.45, 7) is 3.93. The minimum absolute atomic E-state index is 0.163. The Morgan fingerprint density at radius 3 is 2.63 bits per heavy atom. The Morgan fingerprint density at radius 2 is 1.90 bits per heavy atom. The number of anilines is 2. The largest absolute Gasteiger partial charge is 0.399 e. The molecule has 30 heavy (non-hydrogen) atoms. The van der Waals surface area contributed by atoms with Crippen LogP contribution in [0.1, 0.15) is 31.4 Å². The minimum Gasteiger partial charge on any atom is -0.399 e. The lowest BCUT2D eigenvalue weighted by Crippen LogP contribution is -2.08. The van der Waals surface area contributed by atoms with Gasteiger partial charge in [0.15, 0.2) is 0 Å². The number of nitrogens with one attached hydrogen (secondary N) is 1. The molecule has 4 rings (SSSR count). The highest BCUT2D eigenvalue weighted by Crippen LogP contribution is 2.25. The third-order valence-corrected chi connectivity index (χ3v) is 4.74. The number of aryl methyl sites for hydroxylation is 1. The average Bonchev–Trinajstić information content (AvgIpc) is 3.29. The number of rotatable bonds is 7. The SMILES string of the molecule is CC(Nc1ncnc2ccc(N)cc12)c1ccccc1.NCCCCn1ccnc1. The maximum Gasteiger partial charge on any atom is 0.137 e. The first-order chi connectivity index (χ1) is 14.7. The molecule has 0 amide bonds. The van der Waals surface area contributed by atoms with Crippen LogP contribution >= 0.6 is 0 Å². The van der Waals surface area contributed by atoms with Crippen LogP contribution in [0, 0.1) is 0 Å². The van der Waals surface area contributed by atoms with Crippen LogP contribution in [-0.4, -0.2) is 26.1 Å². The van der Waals surface area contributed by atoms with Gasteiger partial charge < -0.3 is 21.4 Å². The molecule has 2 aromatic heterocycles. The second-order valence-electron chi connectivity index (χ2n) is 7.07. The molecule has 1 unspecified atom stereocenters. The van der Waals surface area contributed by atoms with Gasteiger partial charge in [-0.05, 0) is 50.1 Å². The molecule has 0 saturated heterocycles. The van der Waals surface area contributed by atoms with Gasteiger partial charge in [-0.25, -0.2) is 15.0 Å². The van der Waals surface area contributed by atoms with Gasteiger partial charge in [0.1, 0.15) is 12.1 Å². The number of nitrogen functional groups attached to an aromatic ring is 1. The summed E-state index contributed by atoms with van der Waals surface area (Å²) < 4.78 is 2.07. The van der Waals surface area contributed by atoms with Gasteiger partial charge in [0.25, 0.3) is 0 Å². The van der Waals surface area contributed by atoms with Crippen molar-refractivity contribution in [2.45, 2.75) is 32.4 Å². The van der Waals surface area contributed by atoms with Gasteiger partial charge in [0, 0.05) is 36.1 Å². The van der Waals surface area contributed by atoms with Gasteiger partial charge in [-0.3, -0.25) is 0 Å². The number of unbranched alkanes of at least 4 members (excludes halogenated alkanes) is 1. The zero-order valence-electron chi connectivity index (χ0n) is 17.3. The molecule has 0 aliphatic heterocycles. The van der Waals surface area contributed by atoms with E-state index in [9.17, 15) is 0 Å². The first-order valence-electron chi connectivity index (χ1n) is 10.1. The molecule has 0 aliphatic carbocycles. The average molecular weight is 404 g/mol. The highest BCUT2D eigenvalue weighted by molar-refractivity contribution is 5.91. The molecule has 0 spiro atoms. The number of benzene rings is 2. The highest BCUT2D eigenvalue weighted by Gasteiger charge is 2.09. The molecule has 5 N–H and O–H groups in total. The van der Waals surface area contributed by atoms with Gasteiger partial charge in [0.2, 0.25) is 0 Å². The molecule has 0 bridgehead atoms. The van der Waals surface area contributed by atoms with E-state index < -0.39 is 0 Å². The van der Waals surface area contributed by atoms with E-state index >= 15 is 0 Å². The minimum atomic E-state index is 0.163. The maximum atomic E-state index is 5.85. The number of hydrogen-bond acceptors (Lipinski definition) is 6. The van der Waals surface area contributed by atoms with Crippen molar-refractivity contribution in [2.75, 3.05) is 17.6 Å². The number of nitrogens with two attached hydrogens (primary N) is 2. The number of aromatic nitrogens is 4. The fraction of sp³-hybridized carbons (Fsp3) is 0.261. The molecule has 7 nitrogen and oxygen atoms in total. The van der Waals surface area contributed by atoms with Crippen molar-refractivity contribution < 1.29 is 0 Å². The Hall–Kier alpha value is -3.45. The number of fused-ring (bicyclic) bond motifs is 1. The molecule has 0 fully saturated rings. The Morgan fingerprint density at radius 1 is 1.07 bits per heavy atom. The van der Waals surface area contributed by atoms with Crippen LogP contribution in [0.4, 0.5) is 11.5 Å². The van der Waals surface area contributed by atoms with E-state index in [4.69, 9.17) is 11.5 Å². The summed E-state index contributed by atoms with van der Waals surface area (Å²) in [7, 11) is 0. The summed E-state index contributed by atoms with van der Waals surface area (Å²) in [6, 6.07) is 16.1. The van der Waals surface area contributed by atoms with E-state index in [1.807, 2.05) is 48.9 Å². The highest BCUT2D eigenvalue weighted by atomic mass is 15.0. The summed E-state index contributed by atoms with van der Waals surface area (Å²) in [5.74, 6) is 0.804. The summed E-state index contributed by atoms with van der Waals surface area (Å²) >= 11 is 0. The number of nitrogens with zero attached hydrogens (tertiary/aromatic N) is 4. The Labute approximate surface area is 177 Å². The van der Waals surface area contributed by atoms with Gasteiger partial charge in [-0.2, -0.15) is 0 Å². The molecular weight excluding hydrogens is 374 g/mol. The number of imidazole rings is 1. The Bertz CT molecular complexity index is 1020. The van der Waals surface area contributed by atoms with Crippen molar-refractivity contribution in [3.63, 3.8) is 0 Å². The third-order valence-electron chi connectivity index (χ3n) is 4.74. The zero-order chi connectivity index (χ0) is 21.2. The van der Waals surface area contributed by atoms with Crippen LogP contribution in [0.15, 0.2) is 73.6 Å². The smallest absolute Gasteiger partial charge is 0.137 e. The molecule has 0 saturated carbocycles. The fourth-order valence-corrected chi connectivity index (χ4v) is 3.08. The molecule has 4 aromatic rings. The Balaban J connectivity index is 0.000000216. The predicted octanol–water partition coefficient (Wildman–Crippen LogP) is 4.01. The molecule has 0 aliphatic rings.